The molecule has 7 heteroatoms. The van der Waals surface area contributed by atoms with Crippen LogP contribution < -0.4 is 11.3 Å². The van der Waals surface area contributed by atoms with E-state index in [1.807, 2.05) is 13.8 Å². The van der Waals surface area contributed by atoms with Crippen molar-refractivity contribution in [3.63, 3.8) is 0 Å². The highest BCUT2D eigenvalue weighted by molar-refractivity contribution is 7.89. The molecular formula is C13H24N4O2S. The number of rotatable bonds is 8. The summed E-state index contributed by atoms with van der Waals surface area (Å²) in [5.74, 6) is 5.61. The molecule has 0 amide bonds. The van der Waals surface area contributed by atoms with Gasteiger partial charge in [0.1, 0.15) is 5.82 Å². The Hall–Kier alpha value is -1.18. The molecular weight excluding hydrogens is 276 g/mol. The highest BCUT2D eigenvalue weighted by Gasteiger charge is 2.26. The summed E-state index contributed by atoms with van der Waals surface area (Å²) in [5.41, 5.74) is 2.37. The number of hydrogen-bond donors (Lipinski definition) is 2. The Morgan fingerprint density at radius 1 is 1.40 bits per heavy atom. The highest BCUT2D eigenvalue weighted by Crippen LogP contribution is 2.20. The van der Waals surface area contributed by atoms with Gasteiger partial charge in [0, 0.05) is 24.8 Å². The van der Waals surface area contributed by atoms with Crippen molar-refractivity contribution in [2.45, 2.75) is 51.0 Å². The lowest BCUT2D eigenvalue weighted by Crippen LogP contribution is -2.37. The standard InChI is InChI=1S/C13H24N4O2S/c1-4-5-6-9-17(11(2)3)20(18,19)12-7-8-15-13(10-12)16-14/h7-8,10-11H,4-6,9,14H2,1-3H3,(H,15,16). The fraction of sp³-hybridized carbons (Fsp3) is 0.615. The number of anilines is 1. The Morgan fingerprint density at radius 3 is 2.65 bits per heavy atom. The van der Waals surface area contributed by atoms with Crippen LogP contribution in [0.15, 0.2) is 23.2 Å². The summed E-state index contributed by atoms with van der Waals surface area (Å²) in [4.78, 5) is 4.15. The van der Waals surface area contributed by atoms with E-state index in [0.29, 0.717) is 12.4 Å². The number of nitrogens with zero attached hydrogens (tertiary/aromatic N) is 2. The van der Waals surface area contributed by atoms with Crippen LogP contribution in [0.1, 0.15) is 40.0 Å². The number of hydrazine groups is 1. The molecule has 3 N–H and O–H groups in total. The first-order valence-electron chi connectivity index (χ1n) is 6.88. The molecule has 0 fully saturated rings. The molecule has 6 nitrogen and oxygen atoms in total. The van der Waals surface area contributed by atoms with E-state index >= 15 is 0 Å². The molecule has 0 unspecified atom stereocenters. The molecule has 0 bridgehead atoms. The average molecular weight is 300 g/mol. The minimum atomic E-state index is -3.52. The molecule has 0 aliphatic heterocycles. The molecule has 114 valence electrons. The van der Waals surface area contributed by atoms with E-state index in [9.17, 15) is 8.42 Å². The third-order valence-corrected chi connectivity index (χ3v) is 5.12. The molecule has 0 saturated heterocycles. The summed E-state index contributed by atoms with van der Waals surface area (Å²) < 4.78 is 26.9. The van der Waals surface area contributed by atoms with Gasteiger partial charge >= 0.3 is 0 Å². The van der Waals surface area contributed by atoms with Crippen molar-refractivity contribution in [2.75, 3.05) is 12.0 Å². The maximum atomic E-state index is 12.7. The number of sulfonamides is 1. The zero-order chi connectivity index (χ0) is 15.2. The predicted molar refractivity (Wildman–Crippen MR) is 80.6 cm³/mol. The van der Waals surface area contributed by atoms with Gasteiger partial charge in [0.25, 0.3) is 0 Å². The molecule has 0 aromatic carbocycles. The Morgan fingerprint density at radius 2 is 2.10 bits per heavy atom. The lowest BCUT2D eigenvalue weighted by atomic mass is 10.2. The van der Waals surface area contributed by atoms with E-state index < -0.39 is 10.0 Å². The lowest BCUT2D eigenvalue weighted by molar-refractivity contribution is 0.345. The topological polar surface area (TPSA) is 88.3 Å². The summed E-state index contributed by atoms with van der Waals surface area (Å²) >= 11 is 0. The Balaban J connectivity index is 3.02. The van der Waals surface area contributed by atoms with Crippen LogP contribution in [0.3, 0.4) is 0 Å². The Labute approximate surface area is 121 Å². The minimum absolute atomic E-state index is 0.0840. The van der Waals surface area contributed by atoms with E-state index in [1.54, 1.807) is 0 Å². The molecule has 0 aliphatic rings. The lowest BCUT2D eigenvalue weighted by Gasteiger charge is -2.26. The van der Waals surface area contributed by atoms with Gasteiger partial charge in [0.05, 0.1) is 4.90 Å². The van der Waals surface area contributed by atoms with Crippen molar-refractivity contribution in [1.82, 2.24) is 9.29 Å². The van der Waals surface area contributed by atoms with Crippen molar-refractivity contribution in [3.8, 4) is 0 Å². The quantitative estimate of drug-likeness (QED) is 0.435. The number of pyridine rings is 1. The van der Waals surface area contributed by atoms with Gasteiger partial charge in [-0.15, -0.1) is 0 Å². The summed E-state index contributed by atoms with van der Waals surface area (Å²) in [6.45, 7) is 6.39. The van der Waals surface area contributed by atoms with E-state index in [0.717, 1.165) is 19.3 Å². The third-order valence-electron chi connectivity index (χ3n) is 3.04. The number of unbranched alkanes of at least 4 members (excludes halogenated alkanes) is 2. The monoisotopic (exact) mass is 300 g/mol. The molecule has 0 saturated carbocycles. The molecule has 20 heavy (non-hydrogen) atoms. The molecule has 1 aromatic heterocycles. The third kappa shape index (κ3) is 4.16. The van der Waals surface area contributed by atoms with Gasteiger partial charge in [-0.05, 0) is 26.3 Å². The Kier molecular flexibility index (Phi) is 6.38. The average Bonchev–Trinajstić information content (AvgIpc) is 2.43. The normalized spacial score (nSPS) is 12.1. The summed E-state index contributed by atoms with van der Waals surface area (Å²) in [7, 11) is -3.52. The number of nitrogen functional groups attached to an aromatic ring is 1. The smallest absolute Gasteiger partial charge is 0.243 e. The Bertz CT molecular complexity index is 517. The van der Waals surface area contributed by atoms with E-state index in [2.05, 4.69) is 17.3 Å². The van der Waals surface area contributed by atoms with Crippen molar-refractivity contribution in [2.24, 2.45) is 5.84 Å². The second-order valence-electron chi connectivity index (χ2n) is 4.94. The van der Waals surface area contributed by atoms with Crippen LogP contribution in [0.2, 0.25) is 0 Å². The molecule has 0 atom stereocenters. The largest absolute Gasteiger partial charge is 0.308 e. The maximum absolute atomic E-state index is 12.7. The zero-order valence-electron chi connectivity index (χ0n) is 12.3. The van der Waals surface area contributed by atoms with Gasteiger partial charge in [-0.2, -0.15) is 4.31 Å². The van der Waals surface area contributed by atoms with Crippen molar-refractivity contribution in [1.29, 1.82) is 0 Å². The predicted octanol–water partition coefficient (Wildman–Crippen LogP) is 1.96. The number of nitrogens with two attached hydrogens (primary N) is 1. The molecule has 0 radical (unpaired) electrons. The van der Waals surface area contributed by atoms with Gasteiger partial charge in [-0.25, -0.2) is 19.2 Å². The summed E-state index contributed by atoms with van der Waals surface area (Å²) in [5, 5.41) is 0. The first-order valence-corrected chi connectivity index (χ1v) is 8.32. The maximum Gasteiger partial charge on any atom is 0.243 e. The first-order chi connectivity index (χ1) is 9.43. The molecule has 1 aromatic rings. The summed E-state index contributed by atoms with van der Waals surface area (Å²) in [6.07, 6.45) is 4.38. The van der Waals surface area contributed by atoms with Gasteiger partial charge in [0.15, 0.2) is 0 Å². The number of aromatic nitrogens is 1. The van der Waals surface area contributed by atoms with Crippen LogP contribution in [0.5, 0.6) is 0 Å². The zero-order valence-corrected chi connectivity index (χ0v) is 13.2. The van der Waals surface area contributed by atoms with Gasteiger partial charge in [-0.3, -0.25) is 0 Å². The van der Waals surface area contributed by atoms with E-state index in [1.165, 1.54) is 22.6 Å². The van der Waals surface area contributed by atoms with Gasteiger partial charge in [0.2, 0.25) is 10.0 Å². The number of nitrogens with one attached hydrogen (secondary N) is 1. The molecule has 1 rings (SSSR count). The van der Waals surface area contributed by atoms with Crippen LogP contribution in [-0.4, -0.2) is 30.3 Å². The van der Waals surface area contributed by atoms with E-state index in [4.69, 9.17) is 5.84 Å². The van der Waals surface area contributed by atoms with Crippen LogP contribution in [-0.2, 0) is 10.0 Å². The minimum Gasteiger partial charge on any atom is -0.308 e. The van der Waals surface area contributed by atoms with Crippen molar-refractivity contribution >= 4 is 15.8 Å². The number of hydrogen-bond acceptors (Lipinski definition) is 5. The fourth-order valence-electron chi connectivity index (χ4n) is 1.96. The second kappa shape index (κ2) is 7.56. The highest BCUT2D eigenvalue weighted by atomic mass is 32.2. The van der Waals surface area contributed by atoms with Crippen molar-refractivity contribution < 1.29 is 8.42 Å². The SMILES string of the molecule is CCCCCN(C(C)C)S(=O)(=O)c1ccnc(NN)c1. The summed E-state index contributed by atoms with van der Waals surface area (Å²) in [6, 6.07) is 2.86. The van der Waals surface area contributed by atoms with Crippen molar-refractivity contribution in [3.05, 3.63) is 18.3 Å². The molecule has 1 heterocycles. The van der Waals surface area contributed by atoms with Crippen LogP contribution in [0, 0.1) is 0 Å². The second-order valence-corrected chi connectivity index (χ2v) is 6.83. The molecule has 0 aliphatic carbocycles. The van der Waals surface area contributed by atoms with Gasteiger partial charge in [-0.1, -0.05) is 19.8 Å². The first kappa shape index (κ1) is 16.9. The van der Waals surface area contributed by atoms with Crippen LogP contribution in [0.4, 0.5) is 5.82 Å². The van der Waals surface area contributed by atoms with Gasteiger partial charge < -0.3 is 5.43 Å². The van der Waals surface area contributed by atoms with Crippen LogP contribution >= 0.6 is 0 Å². The van der Waals surface area contributed by atoms with Crippen LogP contribution in [0.25, 0.3) is 0 Å². The fourth-order valence-corrected chi connectivity index (χ4v) is 3.65. The molecule has 0 spiro atoms. The van der Waals surface area contributed by atoms with E-state index in [-0.39, 0.29) is 10.9 Å².